The van der Waals surface area contributed by atoms with Gasteiger partial charge in [0, 0.05) is 38.6 Å². The van der Waals surface area contributed by atoms with Crippen molar-refractivity contribution in [2.75, 3.05) is 44.8 Å². The van der Waals surface area contributed by atoms with Crippen LogP contribution in [-0.4, -0.2) is 61.8 Å². The van der Waals surface area contributed by atoms with Crippen LogP contribution in [0.15, 0.2) is 18.5 Å². The van der Waals surface area contributed by atoms with Crippen LogP contribution in [0.3, 0.4) is 0 Å². The number of rotatable bonds is 5. The van der Waals surface area contributed by atoms with Crippen molar-refractivity contribution in [3.8, 4) is 0 Å². The van der Waals surface area contributed by atoms with Gasteiger partial charge < -0.3 is 20.3 Å². The fourth-order valence-corrected chi connectivity index (χ4v) is 3.69. The summed E-state index contributed by atoms with van der Waals surface area (Å²) in [6.45, 7) is 3.91. The maximum absolute atomic E-state index is 13.0. The molecule has 0 radical (unpaired) electrons. The largest absolute Gasteiger partial charge is 0.384 e. The van der Waals surface area contributed by atoms with E-state index in [1.54, 1.807) is 19.5 Å². The lowest BCUT2D eigenvalue weighted by Gasteiger charge is -2.39. The highest BCUT2D eigenvalue weighted by Crippen LogP contribution is 2.30. The summed E-state index contributed by atoms with van der Waals surface area (Å²) in [6, 6.07) is 1.96. The first-order valence-electron chi connectivity index (χ1n) is 8.76. The van der Waals surface area contributed by atoms with Gasteiger partial charge in [-0.25, -0.2) is 9.97 Å². The van der Waals surface area contributed by atoms with Gasteiger partial charge in [0.25, 0.3) is 0 Å². The van der Waals surface area contributed by atoms with E-state index >= 15 is 0 Å². The lowest BCUT2D eigenvalue weighted by atomic mass is 9.78. The molecule has 2 aliphatic rings. The fourth-order valence-electron chi connectivity index (χ4n) is 3.69. The zero-order valence-corrected chi connectivity index (χ0v) is 14.3. The average molecular weight is 333 g/mol. The molecule has 3 rings (SSSR count). The molecule has 0 aromatic carbocycles. The van der Waals surface area contributed by atoms with Crippen LogP contribution in [0.4, 0.5) is 5.95 Å². The molecule has 0 aliphatic carbocycles. The van der Waals surface area contributed by atoms with Crippen LogP contribution < -0.4 is 15.5 Å². The number of methoxy groups -OCH3 is 1. The van der Waals surface area contributed by atoms with E-state index in [2.05, 4.69) is 25.5 Å². The van der Waals surface area contributed by atoms with Gasteiger partial charge >= 0.3 is 0 Å². The van der Waals surface area contributed by atoms with Crippen LogP contribution in [0.2, 0.25) is 0 Å². The Morgan fingerprint density at radius 1 is 1.42 bits per heavy atom. The Kier molecular flexibility index (Phi) is 5.63. The summed E-state index contributed by atoms with van der Waals surface area (Å²) in [5.74, 6) is 0.872. The van der Waals surface area contributed by atoms with Crippen LogP contribution in [0, 0.1) is 5.41 Å². The van der Waals surface area contributed by atoms with E-state index < -0.39 is 5.41 Å². The second kappa shape index (κ2) is 7.90. The molecular weight excluding hydrogens is 306 g/mol. The number of anilines is 1. The molecular formula is C17H27N5O2. The summed E-state index contributed by atoms with van der Waals surface area (Å²) in [5, 5.41) is 6.59. The molecule has 1 atom stereocenters. The van der Waals surface area contributed by atoms with Gasteiger partial charge in [-0.15, -0.1) is 0 Å². The SMILES string of the molecule is COCC1(C(=O)NC2CCCN(c3ncccn3)C2)CCNCC1. The average Bonchev–Trinajstić information content (AvgIpc) is 2.64. The van der Waals surface area contributed by atoms with E-state index in [1.807, 2.05) is 6.07 Å². The first-order chi connectivity index (χ1) is 11.7. The van der Waals surface area contributed by atoms with E-state index in [-0.39, 0.29) is 11.9 Å². The summed E-state index contributed by atoms with van der Waals surface area (Å²) in [4.78, 5) is 23.8. The standard InChI is InChI=1S/C17H27N5O2/c1-24-13-17(5-9-18-10-6-17)15(23)21-14-4-2-11-22(12-14)16-19-7-3-8-20-16/h3,7-8,14,18H,2,4-6,9-13H2,1H3,(H,21,23). The lowest BCUT2D eigenvalue weighted by molar-refractivity contribution is -0.137. The van der Waals surface area contributed by atoms with Gasteiger partial charge in [0.2, 0.25) is 11.9 Å². The Balaban J connectivity index is 1.62. The van der Waals surface area contributed by atoms with Crippen molar-refractivity contribution in [2.45, 2.75) is 31.7 Å². The highest BCUT2D eigenvalue weighted by Gasteiger charge is 2.40. The molecule has 1 aromatic heterocycles. The van der Waals surface area contributed by atoms with Gasteiger partial charge in [-0.1, -0.05) is 0 Å². The van der Waals surface area contributed by atoms with Crippen LogP contribution >= 0.6 is 0 Å². The minimum atomic E-state index is -0.397. The Bertz CT molecular complexity index is 528. The molecule has 2 aliphatic heterocycles. The van der Waals surface area contributed by atoms with E-state index in [0.717, 1.165) is 57.8 Å². The molecule has 1 unspecified atom stereocenters. The third-order valence-corrected chi connectivity index (χ3v) is 5.05. The summed E-state index contributed by atoms with van der Waals surface area (Å²) in [6.07, 6.45) is 7.19. The highest BCUT2D eigenvalue weighted by atomic mass is 16.5. The van der Waals surface area contributed by atoms with Crippen molar-refractivity contribution in [1.29, 1.82) is 0 Å². The first-order valence-corrected chi connectivity index (χ1v) is 8.76. The third kappa shape index (κ3) is 3.84. The molecule has 132 valence electrons. The zero-order chi connectivity index (χ0) is 16.8. The number of carbonyl (C=O) groups is 1. The zero-order valence-electron chi connectivity index (χ0n) is 14.3. The van der Waals surface area contributed by atoms with Gasteiger partial charge in [0.1, 0.15) is 0 Å². The fraction of sp³-hybridized carbons (Fsp3) is 0.706. The van der Waals surface area contributed by atoms with E-state index in [0.29, 0.717) is 6.61 Å². The summed E-state index contributed by atoms with van der Waals surface area (Å²) in [7, 11) is 1.67. The molecule has 0 spiro atoms. The number of carbonyl (C=O) groups excluding carboxylic acids is 1. The first kappa shape index (κ1) is 17.1. The number of piperidine rings is 2. The molecule has 2 fully saturated rings. The summed E-state index contributed by atoms with van der Waals surface area (Å²) >= 11 is 0. The smallest absolute Gasteiger partial charge is 0.228 e. The van der Waals surface area contributed by atoms with Gasteiger partial charge in [0.05, 0.1) is 12.0 Å². The molecule has 0 bridgehead atoms. The topological polar surface area (TPSA) is 79.4 Å². The second-order valence-corrected chi connectivity index (χ2v) is 6.77. The maximum Gasteiger partial charge on any atom is 0.228 e. The Hall–Kier alpha value is -1.73. The minimum Gasteiger partial charge on any atom is -0.384 e. The third-order valence-electron chi connectivity index (χ3n) is 5.05. The number of nitrogens with zero attached hydrogens (tertiary/aromatic N) is 3. The molecule has 0 saturated carbocycles. The van der Waals surface area contributed by atoms with Gasteiger partial charge in [-0.2, -0.15) is 0 Å². The monoisotopic (exact) mass is 333 g/mol. The molecule has 2 saturated heterocycles. The van der Waals surface area contributed by atoms with Crippen LogP contribution in [0.5, 0.6) is 0 Å². The van der Waals surface area contributed by atoms with Crippen molar-refractivity contribution in [3.05, 3.63) is 18.5 Å². The van der Waals surface area contributed by atoms with Crippen molar-refractivity contribution < 1.29 is 9.53 Å². The molecule has 24 heavy (non-hydrogen) atoms. The molecule has 7 nitrogen and oxygen atoms in total. The van der Waals surface area contributed by atoms with Gasteiger partial charge in [-0.05, 0) is 44.8 Å². The maximum atomic E-state index is 13.0. The van der Waals surface area contributed by atoms with Crippen molar-refractivity contribution in [3.63, 3.8) is 0 Å². The minimum absolute atomic E-state index is 0.131. The second-order valence-electron chi connectivity index (χ2n) is 6.77. The number of ether oxygens (including phenoxy) is 1. The Morgan fingerprint density at radius 2 is 2.17 bits per heavy atom. The van der Waals surface area contributed by atoms with Crippen LogP contribution in [-0.2, 0) is 9.53 Å². The predicted molar refractivity (Wildman–Crippen MR) is 91.8 cm³/mol. The molecule has 2 N–H and O–H groups in total. The normalized spacial score (nSPS) is 23.7. The van der Waals surface area contributed by atoms with Crippen molar-refractivity contribution in [1.82, 2.24) is 20.6 Å². The molecule has 3 heterocycles. The number of hydrogen-bond acceptors (Lipinski definition) is 6. The number of nitrogens with one attached hydrogen (secondary N) is 2. The van der Waals surface area contributed by atoms with Crippen molar-refractivity contribution >= 4 is 11.9 Å². The Labute approximate surface area is 143 Å². The quantitative estimate of drug-likeness (QED) is 0.820. The number of amides is 1. The van der Waals surface area contributed by atoms with Gasteiger partial charge in [0.15, 0.2) is 0 Å². The lowest BCUT2D eigenvalue weighted by Crippen LogP contribution is -2.55. The van der Waals surface area contributed by atoms with E-state index in [4.69, 9.17) is 4.74 Å². The molecule has 1 amide bonds. The predicted octanol–water partition coefficient (Wildman–Crippen LogP) is 0.578. The summed E-state index contributed by atoms with van der Waals surface area (Å²) in [5.41, 5.74) is -0.397. The van der Waals surface area contributed by atoms with E-state index in [9.17, 15) is 4.79 Å². The highest BCUT2D eigenvalue weighted by molar-refractivity contribution is 5.83. The summed E-state index contributed by atoms with van der Waals surface area (Å²) < 4.78 is 5.37. The van der Waals surface area contributed by atoms with Crippen LogP contribution in [0.25, 0.3) is 0 Å². The molecule has 7 heteroatoms. The van der Waals surface area contributed by atoms with E-state index in [1.165, 1.54) is 0 Å². The number of hydrogen-bond donors (Lipinski definition) is 2. The Morgan fingerprint density at radius 3 is 2.88 bits per heavy atom. The van der Waals surface area contributed by atoms with Crippen LogP contribution in [0.1, 0.15) is 25.7 Å². The van der Waals surface area contributed by atoms with Gasteiger partial charge in [-0.3, -0.25) is 4.79 Å². The number of aromatic nitrogens is 2. The molecule has 1 aromatic rings. The van der Waals surface area contributed by atoms with Crippen molar-refractivity contribution in [2.24, 2.45) is 5.41 Å².